The summed E-state index contributed by atoms with van der Waals surface area (Å²) in [6.07, 6.45) is 1.27. The minimum Gasteiger partial charge on any atom is -0.302 e. The van der Waals surface area contributed by atoms with E-state index in [1.165, 1.54) is 23.1 Å². The Balaban J connectivity index is 1.79. The largest absolute Gasteiger partial charge is 0.302 e. The van der Waals surface area contributed by atoms with Crippen LogP contribution < -0.4 is 5.32 Å². The molecule has 1 heterocycles. The smallest absolute Gasteiger partial charge is 0.0792 e. The van der Waals surface area contributed by atoms with Gasteiger partial charge in [-0.1, -0.05) is 61.5 Å². The lowest BCUT2D eigenvalue weighted by atomic mass is 10.0. The zero-order valence-corrected chi connectivity index (χ0v) is 12.0. The predicted molar refractivity (Wildman–Crippen MR) is 84.3 cm³/mol. The zero-order chi connectivity index (χ0) is 13.1. The average molecular weight is 269 g/mol. The van der Waals surface area contributed by atoms with E-state index in [1.54, 1.807) is 0 Å². The van der Waals surface area contributed by atoms with Crippen molar-refractivity contribution in [3.63, 3.8) is 0 Å². The van der Waals surface area contributed by atoms with E-state index < -0.39 is 0 Å². The van der Waals surface area contributed by atoms with Crippen molar-refractivity contribution in [2.45, 2.75) is 24.0 Å². The molecule has 0 saturated carbocycles. The van der Waals surface area contributed by atoms with Crippen molar-refractivity contribution in [2.75, 3.05) is 6.54 Å². The van der Waals surface area contributed by atoms with E-state index >= 15 is 0 Å². The molecule has 1 N–H and O–H groups in total. The summed E-state index contributed by atoms with van der Waals surface area (Å²) >= 11 is 2.03. The number of benzene rings is 2. The Kier molecular flexibility index (Phi) is 3.90. The highest BCUT2D eigenvalue weighted by Crippen LogP contribution is 2.35. The van der Waals surface area contributed by atoms with Gasteiger partial charge in [0.1, 0.15) is 0 Å². The van der Waals surface area contributed by atoms with Crippen LogP contribution in [0, 0.1) is 0 Å². The SMILES string of the molecule is CC1CCNC(c2ccc(-c3ccccc3)cc2)S1. The summed E-state index contributed by atoms with van der Waals surface area (Å²) in [6.45, 7) is 3.44. The molecule has 19 heavy (non-hydrogen) atoms. The first-order chi connectivity index (χ1) is 9.33. The minimum atomic E-state index is 0.452. The number of hydrogen-bond donors (Lipinski definition) is 1. The van der Waals surface area contributed by atoms with Crippen molar-refractivity contribution in [1.82, 2.24) is 5.32 Å². The second-order valence-corrected chi connectivity index (χ2v) is 6.61. The fourth-order valence-corrected chi connectivity index (χ4v) is 3.69. The van der Waals surface area contributed by atoms with Gasteiger partial charge in [-0.25, -0.2) is 0 Å². The first-order valence-corrected chi connectivity index (χ1v) is 7.81. The Labute approximate surface area is 119 Å². The minimum absolute atomic E-state index is 0.452. The maximum atomic E-state index is 3.59. The number of thioether (sulfide) groups is 1. The average Bonchev–Trinajstić information content (AvgIpc) is 2.48. The van der Waals surface area contributed by atoms with Crippen molar-refractivity contribution < 1.29 is 0 Å². The van der Waals surface area contributed by atoms with Crippen LogP contribution >= 0.6 is 11.8 Å². The van der Waals surface area contributed by atoms with Crippen LogP contribution in [0.5, 0.6) is 0 Å². The Morgan fingerprint density at radius 3 is 2.32 bits per heavy atom. The van der Waals surface area contributed by atoms with Crippen LogP contribution in [0.3, 0.4) is 0 Å². The Bertz CT molecular complexity index is 521. The molecule has 2 aromatic carbocycles. The summed E-state index contributed by atoms with van der Waals surface area (Å²) in [7, 11) is 0. The second-order valence-electron chi connectivity index (χ2n) is 5.06. The highest BCUT2D eigenvalue weighted by molar-refractivity contribution is 8.00. The molecule has 1 aliphatic heterocycles. The summed E-state index contributed by atoms with van der Waals surface area (Å²) in [5.41, 5.74) is 3.96. The first-order valence-electron chi connectivity index (χ1n) is 6.87. The van der Waals surface area contributed by atoms with Crippen LogP contribution in [0.15, 0.2) is 54.6 Å². The van der Waals surface area contributed by atoms with Crippen LogP contribution in [0.4, 0.5) is 0 Å². The molecule has 1 saturated heterocycles. The molecule has 0 radical (unpaired) electrons. The molecule has 0 spiro atoms. The summed E-state index contributed by atoms with van der Waals surface area (Å²) in [5.74, 6) is 0. The van der Waals surface area contributed by atoms with Crippen LogP contribution in [-0.2, 0) is 0 Å². The van der Waals surface area contributed by atoms with E-state index in [0.717, 1.165) is 11.8 Å². The second kappa shape index (κ2) is 5.81. The van der Waals surface area contributed by atoms with Gasteiger partial charge in [-0.15, -0.1) is 11.8 Å². The lowest BCUT2D eigenvalue weighted by Gasteiger charge is -2.28. The van der Waals surface area contributed by atoms with Gasteiger partial charge in [0.05, 0.1) is 5.37 Å². The quantitative estimate of drug-likeness (QED) is 0.863. The van der Waals surface area contributed by atoms with Gasteiger partial charge < -0.3 is 5.32 Å². The lowest BCUT2D eigenvalue weighted by Crippen LogP contribution is -2.28. The summed E-state index contributed by atoms with van der Waals surface area (Å²) < 4.78 is 0. The molecule has 1 aliphatic rings. The Morgan fingerprint density at radius 1 is 0.947 bits per heavy atom. The Morgan fingerprint density at radius 2 is 1.63 bits per heavy atom. The normalized spacial score (nSPS) is 23.2. The first kappa shape index (κ1) is 12.8. The van der Waals surface area contributed by atoms with E-state index in [0.29, 0.717) is 5.37 Å². The van der Waals surface area contributed by atoms with Gasteiger partial charge in [0.25, 0.3) is 0 Å². The van der Waals surface area contributed by atoms with E-state index in [4.69, 9.17) is 0 Å². The third kappa shape index (κ3) is 3.02. The lowest BCUT2D eigenvalue weighted by molar-refractivity contribution is 0.605. The van der Waals surface area contributed by atoms with Crippen molar-refractivity contribution in [1.29, 1.82) is 0 Å². The predicted octanol–water partition coefficient (Wildman–Crippen LogP) is 4.47. The molecule has 0 amide bonds. The van der Waals surface area contributed by atoms with Gasteiger partial charge in [-0.3, -0.25) is 0 Å². The van der Waals surface area contributed by atoms with Gasteiger partial charge in [-0.2, -0.15) is 0 Å². The third-order valence-corrected chi connectivity index (χ3v) is 4.98. The van der Waals surface area contributed by atoms with E-state index in [-0.39, 0.29) is 0 Å². The maximum absolute atomic E-state index is 3.59. The topological polar surface area (TPSA) is 12.0 Å². The summed E-state index contributed by atoms with van der Waals surface area (Å²) in [4.78, 5) is 0. The van der Waals surface area contributed by atoms with Gasteiger partial charge in [0, 0.05) is 5.25 Å². The maximum Gasteiger partial charge on any atom is 0.0792 e. The van der Waals surface area contributed by atoms with Crippen molar-refractivity contribution in [3.8, 4) is 11.1 Å². The Hall–Kier alpha value is -1.25. The van der Waals surface area contributed by atoms with Gasteiger partial charge in [0.2, 0.25) is 0 Å². The number of nitrogens with one attached hydrogen (secondary N) is 1. The van der Waals surface area contributed by atoms with Crippen LogP contribution in [-0.4, -0.2) is 11.8 Å². The number of rotatable bonds is 2. The van der Waals surface area contributed by atoms with E-state index in [9.17, 15) is 0 Å². The molecule has 98 valence electrons. The molecule has 2 aromatic rings. The van der Waals surface area contributed by atoms with Crippen LogP contribution in [0.1, 0.15) is 24.3 Å². The fourth-order valence-electron chi connectivity index (χ4n) is 2.44. The molecule has 2 unspecified atom stereocenters. The van der Waals surface area contributed by atoms with Crippen LogP contribution in [0.25, 0.3) is 11.1 Å². The molecule has 0 aliphatic carbocycles. The van der Waals surface area contributed by atoms with Gasteiger partial charge in [-0.05, 0) is 29.7 Å². The highest BCUT2D eigenvalue weighted by Gasteiger charge is 2.19. The summed E-state index contributed by atoms with van der Waals surface area (Å²) in [5, 5.41) is 4.79. The third-order valence-electron chi connectivity index (χ3n) is 3.57. The molecule has 0 aromatic heterocycles. The standard InChI is InChI=1S/C17H19NS/c1-13-11-12-18-17(19-13)16-9-7-15(8-10-16)14-5-3-2-4-6-14/h2-10,13,17-18H,11-12H2,1H3. The van der Waals surface area contributed by atoms with Crippen molar-refractivity contribution >= 4 is 11.8 Å². The molecular formula is C17H19NS. The van der Waals surface area contributed by atoms with Gasteiger partial charge >= 0.3 is 0 Å². The molecule has 0 bridgehead atoms. The summed E-state index contributed by atoms with van der Waals surface area (Å²) in [6, 6.07) is 19.5. The molecule has 3 rings (SSSR count). The van der Waals surface area contributed by atoms with Crippen molar-refractivity contribution in [3.05, 3.63) is 60.2 Å². The van der Waals surface area contributed by atoms with Gasteiger partial charge in [0.15, 0.2) is 0 Å². The molecule has 1 fully saturated rings. The van der Waals surface area contributed by atoms with Crippen LogP contribution in [0.2, 0.25) is 0 Å². The molecule has 1 nitrogen and oxygen atoms in total. The highest BCUT2D eigenvalue weighted by atomic mass is 32.2. The molecule has 2 atom stereocenters. The number of hydrogen-bond acceptors (Lipinski definition) is 2. The zero-order valence-electron chi connectivity index (χ0n) is 11.2. The van der Waals surface area contributed by atoms with E-state index in [2.05, 4.69) is 66.8 Å². The monoisotopic (exact) mass is 269 g/mol. The van der Waals surface area contributed by atoms with E-state index in [1.807, 2.05) is 11.8 Å². The fraction of sp³-hybridized carbons (Fsp3) is 0.294. The molecule has 2 heteroatoms. The molecular weight excluding hydrogens is 250 g/mol. The van der Waals surface area contributed by atoms with Crippen molar-refractivity contribution in [2.24, 2.45) is 0 Å².